The van der Waals surface area contributed by atoms with E-state index in [1.165, 1.54) is 9.96 Å². The molecule has 350 valence electrons. The van der Waals surface area contributed by atoms with E-state index >= 15 is 0 Å². The molecule has 3 heterocycles. The molecule has 2 aliphatic heterocycles. The summed E-state index contributed by atoms with van der Waals surface area (Å²) < 4.78 is 47.2. The first-order valence-corrected chi connectivity index (χ1v) is 23.2. The fraction of sp³-hybridized carbons (Fsp3) is 0.651. The number of nitrogens with zero attached hydrogens (tertiary/aromatic N) is 5. The van der Waals surface area contributed by atoms with E-state index in [1.54, 1.807) is 54.7 Å². The Labute approximate surface area is 370 Å². The van der Waals surface area contributed by atoms with Crippen molar-refractivity contribution in [1.29, 1.82) is 0 Å². The second-order valence-electron chi connectivity index (χ2n) is 17.3. The summed E-state index contributed by atoms with van der Waals surface area (Å²) in [5.41, 5.74) is -0.902. The Balaban J connectivity index is 1.58. The van der Waals surface area contributed by atoms with Gasteiger partial charge in [0.25, 0.3) is 5.91 Å². The van der Waals surface area contributed by atoms with E-state index in [0.29, 0.717) is 36.7 Å². The topological polar surface area (TPSA) is 215 Å². The molecule has 2 amide bonds. The fourth-order valence-corrected chi connectivity index (χ4v) is 7.82. The standard InChI is InChI=1S/C43H65N6O13P/c1-9-10-23-59-41(54)62-49-21-19-47(20-22-49)38(51)33(17-28-63(55,60-26-24-57-39(52)42(2,3)4)61-27-25-58-40(53)43(5,6)7)45-37(50)34-29-35(48-18-16-32(30-48)56-8)46-36(44-34)31-14-12-11-13-15-31/h11-15,29,32-33H,9-10,16-28,30H2,1-8H3,(H,45,50)/t32-,33-/m0/s1. The first-order chi connectivity index (χ1) is 29.8. The zero-order chi connectivity index (χ0) is 46.2. The number of esters is 2. The van der Waals surface area contributed by atoms with Crippen LogP contribution in [0, 0.1) is 10.8 Å². The van der Waals surface area contributed by atoms with Crippen LogP contribution in [0.2, 0.25) is 0 Å². The minimum Gasteiger partial charge on any atom is -0.463 e. The predicted molar refractivity (Wildman–Crippen MR) is 232 cm³/mol. The minimum atomic E-state index is -4.11. The van der Waals surface area contributed by atoms with Gasteiger partial charge in [0.1, 0.15) is 30.8 Å². The number of carbonyl (C=O) groups is 5. The van der Waals surface area contributed by atoms with E-state index in [9.17, 15) is 28.5 Å². The van der Waals surface area contributed by atoms with Crippen LogP contribution in [0.3, 0.4) is 0 Å². The molecule has 20 heteroatoms. The van der Waals surface area contributed by atoms with E-state index in [-0.39, 0.29) is 83.6 Å². The van der Waals surface area contributed by atoms with Crippen molar-refractivity contribution in [2.24, 2.45) is 10.8 Å². The van der Waals surface area contributed by atoms with Gasteiger partial charge in [0.05, 0.1) is 56.0 Å². The lowest BCUT2D eigenvalue weighted by Crippen LogP contribution is -2.55. The maximum Gasteiger partial charge on any atom is 0.527 e. The number of hydrogen-bond acceptors (Lipinski definition) is 17. The molecule has 2 aliphatic rings. The number of hydroxylamine groups is 2. The summed E-state index contributed by atoms with van der Waals surface area (Å²) in [4.78, 5) is 83.9. The maximum absolute atomic E-state index is 14.4. The van der Waals surface area contributed by atoms with E-state index in [2.05, 4.69) is 10.3 Å². The Kier molecular flexibility index (Phi) is 19.3. The second kappa shape index (κ2) is 23.8. The van der Waals surface area contributed by atoms with Crippen molar-refractivity contribution in [3.8, 4) is 11.4 Å². The van der Waals surface area contributed by atoms with Crippen LogP contribution in [0.4, 0.5) is 10.6 Å². The first kappa shape index (κ1) is 51.0. The summed E-state index contributed by atoms with van der Waals surface area (Å²) in [5.74, 6) is -1.36. The van der Waals surface area contributed by atoms with E-state index in [0.717, 1.165) is 12.8 Å². The molecule has 19 nitrogen and oxygen atoms in total. The van der Waals surface area contributed by atoms with E-state index in [4.69, 9.17) is 37.8 Å². The molecular weight excluding hydrogens is 839 g/mol. The molecule has 2 aromatic rings. The molecule has 1 N–H and O–H groups in total. The summed E-state index contributed by atoms with van der Waals surface area (Å²) in [6.45, 7) is 13.0. The van der Waals surface area contributed by atoms with Crippen molar-refractivity contribution in [3.05, 3.63) is 42.1 Å². The first-order valence-electron chi connectivity index (χ1n) is 21.5. The van der Waals surface area contributed by atoms with Crippen LogP contribution in [0.25, 0.3) is 11.4 Å². The molecule has 63 heavy (non-hydrogen) atoms. The van der Waals surface area contributed by atoms with Gasteiger partial charge in [-0.2, -0.15) is 0 Å². The van der Waals surface area contributed by atoms with Crippen molar-refractivity contribution < 1.29 is 61.4 Å². The normalized spacial score (nSPS) is 16.6. The Hall–Kier alpha value is -4.68. The number of piperazine rings is 1. The summed E-state index contributed by atoms with van der Waals surface area (Å²) in [6, 6.07) is 9.47. The van der Waals surface area contributed by atoms with E-state index < -0.39 is 54.4 Å². The zero-order valence-corrected chi connectivity index (χ0v) is 38.8. The van der Waals surface area contributed by atoms with Crippen molar-refractivity contribution in [2.75, 3.05) is 90.5 Å². The Bertz CT molecular complexity index is 1840. The van der Waals surface area contributed by atoms with Gasteiger partial charge in [-0.05, 0) is 60.8 Å². The quantitative estimate of drug-likeness (QED) is 0.0731. The van der Waals surface area contributed by atoms with Crippen LogP contribution >= 0.6 is 7.60 Å². The lowest BCUT2D eigenvalue weighted by molar-refractivity contribution is -0.158. The molecule has 0 bridgehead atoms. The third-order valence-electron chi connectivity index (χ3n) is 9.98. The fourth-order valence-electron chi connectivity index (χ4n) is 6.21. The van der Waals surface area contributed by atoms with Crippen molar-refractivity contribution in [2.45, 2.75) is 86.3 Å². The number of hydrogen-bond donors (Lipinski definition) is 1. The van der Waals surface area contributed by atoms with Gasteiger partial charge in [-0.25, -0.2) is 14.8 Å². The van der Waals surface area contributed by atoms with Crippen LogP contribution in [0.15, 0.2) is 36.4 Å². The number of anilines is 1. The SMILES string of the molecule is CCCCOC(=O)ON1CCN(C(=O)[C@H](CCP(=O)(OCCOC(=O)C(C)(C)C)OCCOC(=O)C(C)(C)C)NC(=O)c2cc(N3CC[C@H](OC)C3)nc(-c3ccccc3)n2)CC1. The molecular formula is C43H65N6O13P. The maximum atomic E-state index is 14.4. The molecule has 2 saturated heterocycles. The summed E-state index contributed by atoms with van der Waals surface area (Å²) in [6.07, 6.45) is 0.854. The molecule has 2 atom stereocenters. The van der Waals surface area contributed by atoms with Gasteiger partial charge in [-0.1, -0.05) is 43.7 Å². The van der Waals surface area contributed by atoms with Crippen molar-refractivity contribution in [1.82, 2.24) is 25.2 Å². The zero-order valence-electron chi connectivity index (χ0n) is 37.9. The highest BCUT2D eigenvalue weighted by Crippen LogP contribution is 2.49. The van der Waals surface area contributed by atoms with Gasteiger partial charge in [0.2, 0.25) is 5.91 Å². The van der Waals surface area contributed by atoms with Gasteiger partial charge < -0.3 is 47.9 Å². The Morgan fingerprint density at radius 1 is 0.825 bits per heavy atom. The summed E-state index contributed by atoms with van der Waals surface area (Å²) >= 11 is 0. The number of aromatic nitrogens is 2. The monoisotopic (exact) mass is 904 g/mol. The molecule has 1 aromatic carbocycles. The van der Waals surface area contributed by atoms with Crippen LogP contribution < -0.4 is 10.2 Å². The number of nitrogens with one attached hydrogen (secondary N) is 1. The number of unbranched alkanes of at least 4 members (excludes halogenated alkanes) is 1. The molecule has 0 spiro atoms. The van der Waals surface area contributed by atoms with Crippen LogP contribution in [-0.4, -0.2) is 148 Å². The predicted octanol–water partition coefficient (Wildman–Crippen LogP) is 5.27. The molecule has 1 aromatic heterocycles. The Morgan fingerprint density at radius 3 is 2.00 bits per heavy atom. The lowest BCUT2D eigenvalue weighted by Gasteiger charge is -2.35. The average molecular weight is 905 g/mol. The number of amides is 2. The lowest BCUT2D eigenvalue weighted by atomic mass is 9.97. The van der Waals surface area contributed by atoms with E-state index in [1.807, 2.05) is 42.2 Å². The second-order valence-corrected chi connectivity index (χ2v) is 19.5. The number of rotatable bonds is 21. The third kappa shape index (κ3) is 16.4. The van der Waals surface area contributed by atoms with Gasteiger partial charge >= 0.3 is 25.7 Å². The van der Waals surface area contributed by atoms with Gasteiger partial charge in [-0.15, -0.1) is 5.06 Å². The molecule has 0 saturated carbocycles. The van der Waals surface area contributed by atoms with Crippen molar-refractivity contribution >= 4 is 43.3 Å². The average Bonchev–Trinajstić information content (AvgIpc) is 3.75. The molecule has 0 radical (unpaired) electrons. The van der Waals surface area contributed by atoms with Crippen LogP contribution in [-0.2, 0) is 51.8 Å². The number of carbonyl (C=O) groups excluding carboxylic acids is 5. The molecule has 2 fully saturated rings. The molecule has 4 rings (SSSR count). The van der Waals surface area contributed by atoms with Crippen LogP contribution in [0.1, 0.15) is 84.6 Å². The third-order valence-corrected chi connectivity index (χ3v) is 11.9. The summed E-state index contributed by atoms with van der Waals surface area (Å²) in [5, 5.41) is 4.24. The van der Waals surface area contributed by atoms with Crippen LogP contribution in [0.5, 0.6) is 0 Å². The van der Waals surface area contributed by atoms with Gasteiger partial charge in [0, 0.05) is 44.9 Å². The number of methoxy groups -OCH3 is 1. The molecule has 0 unspecified atom stereocenters. The molecule has 0 aliphatic carbocycles. The highest BCUT2D eigenvalue weighted by Gasteiger charge is 2.35. The van der Waals surface area contributed by atoms with Gasteiger partial charge in [-0.3, -0.25) is 23.7 Å². The Morgan fingerprint density at radius 2 is 1.44 bits per heavy atom. The highest BCUT2D eigenvalue weighted by molar-refractivity contribution is 7.53. The van der Waals surface area contributed by atoms with Crippen molar-refractivity contribution in [3.63, 3.8) is 0 Å². The number of benzene rings is 1. The number of ether oxygens (including phenoxy) is 4. The summed E-state index contributed by atoms with van der Waals surface area (Å²) in [7, 11) is -2.47. The minimum absolute atomic E-state index is 0.00524. The largest absolute Gasteiger partial charge is 0.527 e. The van der Waals surface area contributed by atoms with Gasteiger partial charge in [0.15, 0.2) is 5.82 Å². The smallest absolute Gasteiger partial charge is 0.463 e. The highest BCUT2D eigenvalue weighted by atomic mass is 31.2.